The van der Waals surface area contributed by atoms with Crippen molar-refractivity contribution in [2.24, 2.45) is 0 Å². The Balaban J connectivity index is 1.64. The molecule has 0 aliphatic carbocycles. The first kappa shape index (κ1) is 14.7. The molecule has 2 aromatic rings. The molecule has 7 nitrogen and oxygen atoms in total. The number of hydrogen-bond donors (Lipinski definition) is 1. The molecule has 0 bridgehead atoms. The molecule has 8 heteroatoms. The monoisotopic (exact) mass is 320 g/mol. The minimum absolute atomic E-state index is 0.236. The molecule has 0 atom stereocenters. The van der Waals surface area contributed by atoms with E-state index in [1.165, 1.54) is 6.26 Å². The summed E-state index contributed by atoms with van der Waals surface area (Å²) in [6, 6.07) is 3.64. The maximum Gasteiger partial charge on any atom is 0.277 e. The molecule has 1 saturated heterocycles. The fraction of sp³-hybridized carbons (Fsp3) is 0.357. The molecule has 0 spiro atoms. The van der Waals surface area contributed by atoms with Crippen molar-refractivity contribution in [3.63, 3.8) is 0 Å². The molecule has 1 amide bonds. The van der Waals surface area contributed by atoms with E-state index in [2.05, 4.69) is 20.2 Å². The van der Waals surface area contributed by atoms with Gasteiger partial charge in [0.25, 0.3) is 5.91 Å². The Hall–Kier alpha value is -2.22. The standard InChI is InChI=1S/C14H16N4O3S/c1-10-16-12(9-21-10)14(19)17-11-2-3-13(15-8-11)18-4-6-22(20)7-5-18/h2-3,8-9H,4-7H2,1H3,(H,17,19). The van der Waals surface area contributed by atoms with Crippen molar-refractivity contribution in [2.75, 3.05) is 34.8 Å². The van der Waals surface area contributed by atoms with E-state index >= 15 is 0 Å². The lowest BCUT2D eigenvalue weighted by Gasteiger charge is -2.27. The molecule has 0 unspecified atom stereocenters. The largest absolute Gasteiger partial charge is 0.448 e. The highest BCUT2D eigenvalue weighted by molar-refractivity contribution is 7.85. The van der Waals surface area contributed by atoms with Crippen LogP contribution in [0.5, 0.6) is 0 Å². The summed E-state index contributed by atoms with van der Waals surface area (Å²) in [6.45, 7) is 3.16. The van der Waals surface area contributed by atoms with E-state index in [1.54, 1.807) is 19.2 Å². The van der Waals surface area contributed by atoms with Crippen LogP contribution in [0.3, 0.4) is 0 Å². The Morgan fingerprint density at radius 2 is 2.14 bits per heavy atom. The molecule has 22 heavy (non-hydrogen) atoms. The number of amides is 1. The Kier molecular flexibility index (Phi) is 4.19. The molecule has 1 aliphatic rings. The zero-order chi connectivity index (χ0) is 15.5. The quantitative estimate of drug-likeness (QED) is 0.914. The third kappa shape index (κ3) is 3.33. The van der Waals surface area contributed by atoms with E-state index in [9.17, 15) is 9.00 Å². The van der Waals surface area contributed by atoms with Gasteiger partial charge in [0.15, 0.2) is 11.6 Å². The lowest BCUT2D eigenvalue weighted by molar-refractivity contribution is 0.102. The second kappa shape index (κ2) is 6.27. The first-order chi connectivity index (χ1) is 10.6. The summed E-state index contributed by atoms with van der Waals surface area (Å²) in [5.41, 5.74) is 0.829. The van der Waals surface area contributed by atoms with Gasteiger partial charge in [-0.05, 0) is 12.1 Å². The smallest absolute Gasteiger partial charge is 0.277 e. The number of carbonyl (C=O) groups is 1. The van der Waals surface area contributed by atoms with Gasteiger partial charge >= 0.3 is 0 Å². The average molecular weight is 320 g/mol. The molecule has 3 rings (SSSR count). The normalized spacial score (nSPS) is 15.8. The van der Waals surface area contributed by atoms with Crippen LogP contribution >= 0.6 is 0 Å². The van der Waals surface area contributed by atoms with Crippen LogP contribution in [-0.4, -0.2) is 44.7 Å². The van der Waals surface area contributed by atoms with Crippen molar-refractivity contribution in [2.45, 2.75) is 6.92 Å². The maximum atomic E-state index is 11.9. The van der Waals surface area contributed by atoms with Gasteiger partial charge in [-0.1, -0.05) is 0 Å². The van der Waals surface area contributed by atoms with Crippen molar-refractivity contribution in [1.29, 1.82) is 0 Å². The summed E-state index contributed by atoms with van der Waals surface area (Å²) >= 11 is 0. The van der Waals surface area contributed by atoms with Gasteiger partial charge in [0.2, 0.25) is 0 Å². The number of hydrogen-bond acceptors (Lipinski definition) is 6. The highest BCUT2D eigenvalue weighted by atomic mass is 32.2. The minimum Gasteiger partial charge on any atom is -0.448 e. The molecule has 0 radical (unpaired) electrons. The zero-order valence-corrected chi connectivity index (χ0v) is 12.9. The molecular weight excluding hydrogens is 304 g/mol. The molecular formula is C14H16N4O3S. The minimum atomic E-state index is -0.708. The van der Waals surface area contributed by atoms with E-state index < -0.39 is 10.8 Å². The zero-order valence-electron chi connectivity index (χ0n) is 12.1. The van der Waals surface area contributed by atoms with Gasteiger partial charge in [-0.25, -0.2) is 9.97 Å². The Bertz CT molecular complexity index is 688. The van der Waals surface area contributed by atoms with Crippen LogP contribution in [0.4, 0.5) is 11.5 Å². The number of nitrogens with zero attached hydrogens (tertiary/aromatic N) is 3. The van der Waals surface area contributed by atoms with Crippen molar-refractivity contribution < 1.29 is 13.4 Å². The van der Waals surface area contributed by atoms with Crippen molar-refractivity contribution in [3.05, 3.63) is 36.2 Å². The molecule has 0 saturated carbocycles. The molecule has 1 N–H and O–H groups in total. The summed E-state index contributed by atoms with van der Waals surface area (Å²) in [6.07, 6.45) is 2.92. The summed E-state index contributed by atoms with van der Waals surface area (Å²) in [5, 5.41) is 2.72. The van der Waals surface area contributed by atoms with E-state index in [1.807, 2.05) is 6.07 Å². The summed E-state index contributed by atoms with van der Waals surface area (Å²) in [7, 11) is -0.708. The fourth-order valence-electron chi connectivity index (χ4n) is 2.18. The van der Waals surface area contributed by atoms with Gasteiger partial charge in [0.1, 0.15) is 12.1 Å². The van der Waals surface area contributed by atoms with E-state index in [0.29, 0.717) is 23.1 Å². The molecule has 2 aromatic heterocycles. The van der Waals surface area contributed by atoms with Gasteiger partial charge < -0.3 is 14.6 Å². The van der Waals surface area contributed by atoms with Gasteiger partial charge in [-0.15, -0.1) is 0 Å². The molecule has 116 valence electrons. The predicted molar refractivity (Wildman–Crippen MR) is 83.5 cm³/mol. The highest BCUT2D eigenvalue weighted by Crippen LogP contribution is 2.16. The first-order valence-corrected chi connectivity index (χ1v) is 8.40. The van der Waals surface area contributed by atoms with Crippen molar-refractivity contribution in [3.8, 4) is 0 Å². The number of aryl methyl sites for hydroxylation is 1. The number of carbonyl (C=O) groups excluding carboxylic acids is 1. The van der Waals surface area contributed by atoms with Crippen LogP contribution in [0.2, 0.25) is 0 Å². The van der Waals surface area contributed by atoms with Gasteiger partial charge in [0, 0.05) is 42.3 Å². The highest BCUT2D eigenvalue weighted by Gasteiger charge is 2.16. The van der Waals surface area contributed by atoms with Crippen LogP contribution in [0.1, 0.15) is 16.4 Å². The first-order valence-electron chi connectivity index (χ1n) is 6.91. The number of nitrogens with one attached hydrogen (secondary N) is 1. The number of anilines is 2. The second-order valence-corrected chi connectivity index (χ2v) is 6.64. The van der Waals surface area contributed by atoms with E-state index in [4.69, 9.17) is 4.42 Å². The van der Waals surface area contributed by atoms with Crippen molar-refractivity contribution >= 4 is 28.2 Å². The summed E-state index contributed by atoms with van der Waals surface area (Å²) in [4.78, 5) is 22.4. The number of rotatable bonds is 3. The Morgan fingerprint density at radius 3 is 2.73 bits per heavy atom. The Morgan fingerprint density at radius 1 is 1.36 bits per heavy atom. The fourth-order valence-corrected chi connectivity index (χ4v) is 3.23. The van der Waals surface area contributed by atoms with Gasteiger partial charge in [-0.2, -0.15) is 0 Å². The Labute approximate surface area is 130 Å². The SMILES string of the molecule is Cc1nc(C(=O)Nc2ccc(N3CCS(=O)CC3)nc2)co1. The third-order valence-electron chi connectivity index (χ3n) is 3.36. The molecule has 3 heterocycles. The van der Waals surface area contributed by atoms with E-state index in [-0.39, 0.29) is 11.6 Å². The lowest BCUT2D eigenvalue weighted by Crippen LogP contribution is -2.38. The van der Waals surface area contributed by atoms with Crippen LogP contribution in [-0.2, 0) is 10.8 Å². The molecule has 1 aliphatic heterocycles. The van der Waals surface area contributed by atoms with Gasteiger partial charge in [0.05, 0.1) is 11.9 Å². The lowest BCUT2D eigenvalue weighted by atomic mass is 10.3. The number of pyridine rings is 1. The van der Waals surface area contributed by atoms with Crippen LogP contribution in [0, 0.1) is 6.92 Å². The summed E-state index contributed by atoms with van der Waals surface area (Å²) in [5.74, 6) is 2.28. The van der Waals surface area contributed by atoms with Crippen LogP contribution in [0.25, 0.3) is 0 Å². The van der Waals surface area contributed by atoms with Crippen molar-refractivity contribution in [1.82, 2.24) is 9.97 Å². The van der Waals surface area contributed by atoms with Gasteiger partial charge in [-0.3, -0.25) is 9.00 Å². The second-order valence-electron chi connectivity index (χ2n) is 4.95. The number of aromatic nitrogens is 2. The maximum absolute atomic E-state index is 11.9. The molecule has 1 fully saturated rings. The molecule has 0 aromatic carbocycles. The average Bonchev–Trinajstić information content (AvgIpc) is 2.96. The number of oxazole rings is 1. The van der Waals surface area contributed by atoms with Crippen LogP contribution in [0.15, 0.2) is 29.0 Å². The predicted octanol–water partition coefficient (Wildman–Crippen LogP) is 1.20. The topological polar surface area (TPSA) is 88.3 Å². The summed E-state index contributed by atoms with van der Waals surface area (Å²) < 4.78 is 16.4. The third-order valence-corrected chi connectivity index (χ3v) is 4.63. The van der Waals surface area contributed by atoms with Crippen LogP contribution < -0.4 is 10.2 Å². The van der Waals surface area contributed by atoms with E-state index in [0.717, 1.165) is 18.9 Å².